The molecule has 3 nitrogen and oxygen atoms in total. The Morgan fingerprint density at radius 3 is 2.38 bits per heavy atom. The molecule has 2 atom stereocenters. The first-order valence-electron chi connectivity index (χ1n) is 15.4. The van der Waals surface area contributed by atoms with Crippen molar-refractivity contribution >= 4 is 65.6 Å². The maximum absolute atomic E-state index is 6.37. The van der Waals surface area contributed by atoms with Crippen LogP contribution in [0.25, 0.3) is 64.6 Å². The lowest BCUT2D eigenvalue weighted by Gasteiger charge is -2.28. The van der Waals surface area contributed by atoms with Crippen molar-refractivity contribution in [3.8, 4) is 21.7 Å². The fraction of sp³-hybridized carbons (Fsp3) is 0.0488. The number of furan rings is 1. The quantitative estimate of drug-likeness (QED) is 0.204. The summed E-state index contributed by atoms with van der Waals surface area (Å²) >= 11 is 1.74. The number of fused-ring (bicyclic) bond motifs is 10. The van der Waals surface area contributed by atoms with E-state index in [2.05, 4.69) is 144 Å². The highest BCUT2D eigenvalue weighted by Gasteiger charge is 2.38. The average molecular weight is 595 g/mol. The molecule has 10 rings (SSSR count). The van der Waals surface area contributed by atoms with E-state index in [0.29, 0.717) is 5.92 Å². The van der Waals surface area contributed by atoms with Crippen LogP contribution in [0, 0.1) is 0 Å². The largest absolute Gasteiger partial charge is 0.456 e. The van der Waals surface area contributed by atoms with Gasteiger partial charge < -0.3 is 9.32 Å². The Bertz CT molecular complexity index is 2500. The molecular formula is C41H26N2OS. The van der Waals surface area contributed by atoms with E-state index < -0.39 is 0 Å². The number of anilines is 2. The van der Waals surface area contributed by atoms with E-state index in [0.717, 1.165) is 43.6 Å². The van der Waals surface area contributed by atoms with E-state index in [-0.39, 0.29) is 6.04 Å². The van der Waals surface area contributed by atoms with Gasteiger partial charge in [0.1, 0.15) is 16.2 Å². The molecule has 6 aromatic carbocycles. The molecule has 2 aromatic heterocycles. The van der Waals surface area contributed by atoms with Crippen LogP contribution in [0.3, 0.4) is 0 Å². The lowest BCUT2D eigenvalue weighted by atomic mass is 9.88. The first kappa shape index (κ1) is 24.9. The first-order valence-corrected chi connectivity index (χ1v) is 16.2. The van der Waals surface area contributed by atoms with Crippen molar-refractivity contribution < 1.29 is 4.42 Å². The van der Waals surface area contributed by atoms with Crippen LogP contribution < -0.4 is 4.90 Å². The molecule has 4 heteroatoms. The van der Waals surface area contributed by atoms with Gasteiger partial charge in [-0.15, -0.1) is 11.3 Å². The number of thiazole rings is 1. The van der Waals surface area contributed by atoms with Gasteiger partial charge in [0, 0.05) is 33.6 Å². The molecule has 45 heavy (non-hydrogen) atoms. The predicted octanol–water partition coefficient (Wildman–Crippen LogP) is 11.4. The Morgan fingerprint density at radius 1 is 0.644 bits per heavy atom. The minimum absolute atomic E-state index is 0.258. The van der Waals surface area contributed by atoms with Gasteiger partial charge in [0.05, 0.1) is 16.3 Å². The fourth-order valence-electron chi connectivity index (χ4n) is 7.37. The zero-order valence-electron chi connectivity index (χ0n) is 24.2. The van der Waals surface area contributed by atoms with Crippen molar-refractivity contribution in [2.45, 2.75) is 12.0 Å². The number of hydrogen-bond acceptors (Lipinski definition) is 4. The van der Waals surface area contributed by atoms with Crippen molar-refractivity contribution in [3.05, 3.63) is 151 Å². The summed E-state index contributed by atoms with van der Waals surface area (Å²) in [7, 11) is 0. The van der Waals surface area contributed by atoms with Crippen LogP contribution >= 0.6 is 11.3 Å². The lowest BCUT2D eigenvalue weighted by Crippen LogP contribution is -2.28. The summed E-state index contributed by atoms with van der Waals surface area (Å²) in [6.07, 6.45) is 9.06. The minimum Gasteiger partial charge on any atom is -0.456 e. The average Bonchev–Trinajstić information content (AvgIpc) is 3.80. The van der Waals surface area contributed by atoms with Crippen molar-refractivity contribution in [2.24, 2.45) is 0 Å². The van der Waals surface area contributed by atoms with Crippen LogP contribution in [0.15, 0.2) is 150 Å². The number of benzene rings is 6. The van der Waals surface area contributed by atoms with Crippen LogP contribution in [0.5, 0.6) is 0 Å². The monoisotopic (exact) mass is 594 g/mol. The maximum atomic E-state index is 6.37. The standard InChI is InChI=1S/C41H26N2OS/c1-2-8-25(9-3-1)28-16-20-32-37(24-28)44-36-23-21-33-40(39(32)36)45-41(42-33)27-14-18-29(19-15-27)43-34-13-7-6-12-31(34)38-30-11-5-4-10-26(30)17-22-35(38)43/h1-24,31,34H. The van der Waals surface area contributed by atoms with Gasteiger partial charge in [0.25, 0.3) is 0 Å². The topological polar surface area (TPSA) is 29.3 Å². The number of nitrogens with zero attached hydrogens (tertiary/aromatic N) is 2. The van der Waals surface area contributed by atoms with E-state index in [1.807, 2.05) is 6.07 Å². The molecule has 0 saturated heterocycles. The number of rotatable bonds is 3. The van der Waals surface area contributed by atoms with Gasteiger partial charge in [-0.3, -0.25) is 0 Å². The third-order valence-corrected chi connectivity index (χ3v) is 10.6. The highest BCUT2D eigenvalue weighted by atomic mass is 32.1. The van der Waals surface area contributed by atoms with Crippen LogP contribution in [-0.4, -0.2) is 11.0 Å². The molecule has 0 N–H and O–H groups in total. The zero-order chi connectivity index (χ0) is 29.5. The summed E-state index contributed by atoms with van der Waals surface area (Å²) in [6, 6.07) is 43.6. The third-order valence-electron chi connectivity index (χ3n) is 9.43. The molecule has 0 saturated carbocycles. The first-order chi connectivity index (χ1) is 22.3. The van der Waals surface area contributed by atoms with Gasteiger partial charge in [0.2, 0.25) is 0 Å². The number of aromatic nitrogens is 1. The molecule has 0 amide bonds. The molecule has 0 bridgehead atoms. The van der Waals surface area contributed by atoms with Crippen molar-refractivity contribution in [1.82, 2.24) is 4.98 Å². The Hall–Kier alpha value is -5.45. The Kier molecular flexibility index (Phi) is 5.28. The van der Waals surface area contributed by atoms with Gasteiger partial charge in [-0.1, -0.05) is 91.0 Å². The molecule has 0 spiro atoms. The van der Waals surface area contributed by atoms with Gasteiger partial charge in [-0.25, -0.2) is 4.98 Å². The Labute approximate surface area is 264 Å². The number of hydrogen-bond donors (Lipinski definition) is 0. The molecule has 212 valence electrons. The maximum Gasteiger partial charge on any atom is 0.137 e. The van der Waals surface area contributed by atoms with Gasteiger partial charge in [-0.2, -0.15) is 0 Å². The second-order valence-corrected chi connectivity index (χ2v) is 12.9. The summed E-state index contributed by atoms with van der Waals surface area (Å²) in [5, 5.41) is 5.93. The molecule has 8 aromatic rings. The normalized spacial score (nSPS) is 17.1. The smallest absolute Gasteiger partial charge is 0.137 e. The fourth-order valence-corrected chi connectivity index (χ4v) is 8.49. The van der Waals surface area contributed by atoms with Crippen molar-refractivity contribution in [2.75, 3.05) is 4.90 Å². The third kappa shape index (κ3) is 3.73. The summed E-state index contributed by atoms with van der Waals surface area (Å²) in [6.45, 7) is 0. The highest BCUT2D eigenvalue weighted by Crippen LogP contribution is 2.50. The number of allylic oxidation sites excluding steroid dienone is 2. The molecular weight excluding hydrogens is 569 g/mol. The Balaban J connectivity index is 1.05. The Morgan fingerprint density at radius 2 is 1.47 bits per heavy atom. The minimum atomic E-state index is 0.258. The SMILES string of the molecule is C1=CC2c3c(ccc4ccccc34)N(c3ccc(-c4nc5ccc6oc7cc(-c8ccccc8)ccc7c6c5s4)cc3)C2C=C1. The zero-order valence-corrected chi connectivity index (χ0v) is 25.0. The van der Waals surface area contributed by atoms with Gasteiger partial charge in [0.15, 0.2) is 0 Å². The molecule has 2 unspecified atom stereocenters. The second-order valence-electron chi connectivity index (χ2n) is 11.9. The lowest BCUT2D eigenvalue weighted by molar-refractivity contribution is 0.669. The summed E-state index contributed by atoms with van der Waals surface area (Å²) in [5.74, 6) is 0.330. The molecule has 0 fully saturated rings. The summed E-state index contributed by atoms with van der Waals surface area (Å²) < 4.78 is 7.54. The van der Waals surface area contributed by atoms with Crippen LogP contribution in [0.4, 0.5) is 11.4 Å². The van der Waals surface area contributed by atoms with E-state index in [4.69, 9.17) is 9.40 Å². The molecule has 1 aliphatic carbocycles. The van der Waals surface area contributed by atoms with E-state index in [9.17, 15) is 0 Å². The van der Waals surface area contributed by atoms with Crippen LogP contribution in [0.2, 0.25) is 0 Å². The van der Waals surface area contributed by atoms with Gasteiger partial charge >= 0.3 is 0 Å². The van der Waals surface area contributed by atoms with Crippen molar-refractivity contribution in [1.29, 1.82) is 0 Å². The van der Waals surface area contributed by atoms with Crippen molar-refractivity contribution in [3.63, 3.8) is 0 Å². The van der Waals surface area contributed by atoms with Crippen LogP contribution in [0.1, 0.15) is 11.5 Å². The second kappa shape index (κ2) is 9.52. The molecule has 3 heterocycles. The molecule has 0 radical (unpaired) electrons. The van der Waals surface area contributed by atoms with E-state index in [1.165, 1.54) is 38.0 Å². The van der Waals surface area contributed by atoms with Crippen LogP contribution in [-0.2, 0) is 0 Å². The molecule has 2 aliphatic rings. The summed E-state index contributed by atoms with van der Waals surface area (Å²) in [5.41, 5.74) is 10.2. The van der Waals surface area contributed by atoms with E-state index >= 15 is 0 Å². The highest BCUT2D eigenvalue weighted by molar-refractivity contribution is 7.22. The van der Waals surface area contributed by atoms with E-state index in [1.54, 1.807) is 11.3 Å². The van der Waals surface area contributed by atoms with Gasteiger partial charge in [-0.05, 0) is 82.1 Å². The molecule has 1 aliphatic heterocycles. The summed E-state index contributed by atoms with van der Waals surface area (Å²) in [4.78, 5) is 7.59. The predicted molar refractivity (Wildman–Crippen MR) is 189 cm³/mol.